The van der Waals surface area contributed by atoms with Gasteiger partial charge in [-0.3, -0.25) is 4.79 Å². The largest absolute Gasteiger partial charge is 0.618 e. The van der Waals surface area contributed by atoms with Gasteiger partial charge < -0.3 is 10.5 Å². The van der Waals surface area contributed by atoms with Crippen molar-refractivity contribution < 1.29 is 17.9 Å². The Morgan fingerprint density at radius 2 is 1.96 bits per heavy atom. The normalized spacial score (nSPS) is 12.8. The second kappa shape index (κ2) is 7.85. The van der Waals surface area contributed by atoms with Crippen LogP contribution in [0.3, 0.4) is 0 Å². The fourth-order valence-corrected chi connectivity index (χ4v) is 3.73. The van der Waals surface area contributed by atoms with E-state index in [1.165, 1.54) is 32.4 Å². The fourth-order valence-electron chi connectivity index (χ4n) is 1.93. The van der Waals surface area contributed by atoms with Crippen LogP contribution >= 0.6 is 11.8 Å². The number of rotatable bonds is 6. The van der Waals surface area contributed by atoms with Gasteiger partial charge >= 0.3 is 0 Å². The van der Waals surface area contributed by atoms with Gasteiger partial charge in [-0.25, -0.2) is 12.7 Å². The van der Waals surface area contributed by atoms with E-state index in [0.717, 1.165) is 16.1 Å². The third-order valence-corrected chi connectivity index (χ3v) is 6.27. The van der Waals surface area contributed by atoms with Crippen LogP contribution in [0, 0.1) is 5.21 Å². The number of carbonyl (C=O) groups is 1. The molecular weight excluding hydrogens is 362 g/mol. The summed E-state index contributed by atoms with van der Waals surface area (Å²) in [5.41, 5.74) is 0.378. The van der Waals surface area contributed by atoms with Crippen LogP contribution in [0.5, 0.6) is 0 Å². The lowest BCUT2D eigenvalue weighted by molar-refractivity contribution is -0.645. The topological polar surface area (TPSA) is 93.4 Å². The van der Waals surface area contributed by atoms with E-state index in [1.54, 1.807) is 37.3 Å². The summed E-state index contributed by atoms with van der Waals surface area (Å²) in [7, 11) is -0.694. The summed E-state index contributed by atoms with van der Waals surface area (Å²) < 4.78 is 26.1. The van der Waals surface area contributed by atoms with E-state index in [-0.39, 0.29) is 10.8 Å². The summed E-state index contributed by atoms with van der Waals surface area (Å²) >= 11 is 1.12. The number of nitrogens with one attached hydrogen (secondary N) is 1. The van der Waals surface area contributed by atoms with Crippen LogP contribution in [0.1, 0.15) is 6.92 Å². The minimum absolute atomic E-state index is 0.0936. The Hall–Kier alpha value is -2.10. The van der Waals surface area contributed by atoms with Crippen LogP contribution in [-0.4, -0.2) is 38.0 Å². The highest BCUT2D eigenvalue weighted by atomic mass is 32.2. The van der Waals surface area contributed by atoms with E-state index in [4.69, 9.17) is 0 Å². The average molecular weight is 381 g/mol. The Morgan fingerprint density at radius 3 is 2.60 bits per heavy atom. The minimum Gasteiger partial charge on any atom is -0.618 e. The number of hydrogen-bond acceptors (Lipinski definition) is 5. The van der Waals surface area contributed by atoms with E-state index in [9.17, 15) is 18.4 Å². The van der Waals surface area contributed by atoms with Crippen LogP contribution in [-0.2, 0) is 14.8 Å². The van der Waals surface area contributed by atoms with E-state index in [1.807, 2.05) is 0 Å². The lowest BCUT2D eigenvalue weighted by Crippen LogP contribution is -2.30. The number of pyridine rings is 1. The maximum absolute atomic E-state index is 12.3. The lowest BCUT2D eigenvalue weighted by atomic mass is 10.3. The average Bonchev–Trinajstić information content (AvgIpc) is 2.57. The van der Waals surface area contributed by atoms with Gasteiger partial charge in [-0.2, -0.15) is 4.73 Å². The molecule has 2 aromatic rings. The number of carbonyl (C=O) groups excluding carboxylic acids is 1. The Labute approximate surface area is 151 Å². The highest BCUT2D eigenvalue weighted by Crippen LogP contribution is 2.22. The smallest absolute Gasteiger partial charge is 0.252 e. The standard InChI is InChI=1S/C16H19N3O4S2/c1-12(24-15-9-4-5-10-19(15)21)16(20)17-13-7-6-8-14(11-13)25(22,23)18(2)3/h4-12H,1-3H3,(H,17,20)/t12-/m0/s1. The van der Waals surface area contributed by atoms with Crippen molar-refractivity contribution in [2.24, 2.45) is 0 Å². The summed E-state index contributed by atoms with van der Waals surface area (Å²) in [4.78, 5) is 12.4. The first-order chi connectivity index (χ1) is 11.7. The molecule has 1 atom stereocenters. The van der Waals surface area contributed by atoms with Crippen molar-refractivity contribution >= 4 is 33.4 Å². The third-order valence-electron chi connectivity index (χ3n) is 3.34. The molecule has 0 bridgehead atoms. The molecule has 1 aromatic carbocycles. The molecule has 0 aliphatic rings. The van der Waals surface area contributed by atoms with Gasteiger partial charge in [0, 0.05) is 31.9 Å². The molecule has 1 aromatic heterocycles. The van der Waals surface area contributed by atoms with Gasteiger partial charge in [0.1, 0.15) is 0 Å². The summed E-state index contributed by atoms with van der Waals surface area (Å²) in [5.74, 6) is -0.326. The highest BCUT2D eigenvalue weighted by Gasteiger charge is 2.21. The molecule has 0 aliphatic carbocycles. The first kappa shape index (κ1) is 19.2. The number of nitrogens with zero attached hydrogens (tertiary/aromatic N) is 2. The molecule has 0 unspecified atom stereocenters. The van der Waals surface area contributed by atoms with Crippen molar-refractivity contribution in [3.05, 3.63) is 53.9 Å². The molecule has 0 saturated carbocycles. The summed E-state index contributed by atoms with van der Waals surface area (Å²) in [6, 6.07) is 11.0. The molecule has 25 heavy (non-hydrogen) atoms. The summed E-state index contributed by atoms with van der Waals surface area (Å²) in [5, 5.41) is 14.2. The Balaban J connectivity index is 2.12. The van der Waals surface area contributed by atoms with Crippen molar-refractivity contribution in [3.8, 4) is 0 Å². The molecule has 1 N–H and O–H groups in total. The molecule has 0 spiro atoms. The summed E-state index contributed by atoms with van der Waals surface area (Å²) in [6.45, 7) is 1.67. The van der Waals surface area contributed by atoms with Gasteiger partial charge in [-0.05, 0) is 43.0 Å². The molecular formula is C16H19N3O4S2. The second-order valence-corrected chi connectivity index (χ2v) is 8.94. The molecule has 0 radical (unpaired) electrons. The molecule has 9 heteroatoms. The van der Waals surface area contributed by atoms with Crippen LogP contribution in [0.25, 0.3) is 0 Å². The molecule has 0 fully saturated rings. The number of amides is 1. The number of anilines is 1. The molecule has 0 aliphatic heterocycles. The van der Waals surface area contributed by atoms with Gasteiger partial charge in [0.25, 0.3) is 5.03 Å². The van der Waals surface area contributed by atoms with Crippen LogP contribution in [0.2, 0.25) is 0 Å². The predicted molar refractivity (Wildman–Crippen MR) is 96.7 cm³/mol. The predicted octanol–water partition coefficient (Wildman–Crippen LogP) is 1.69. The third kappa shape index (κ3) is 4.71. The highest BCUT2D eigenvalue weighted by molar-refractivity contribution is 8.00. The first-order valence-corrected chi connectivity index (χ1v) is 9.72. The van der Waals surface area contributed by atoms with Crippen molar-refractivity contribution in [2.75, 3.05) is 19.4 Å². The number of thioether (sulfide) groups is 1. The van der Waals surface area contributed by atoms with Crippen LogP contribution < -0.4 is 10.0 Å². The van der Waals surface area contributed by atoms with Gasteiger partial charge in [-0.15, -0.1) is 0 Å². The van der Waals surface area contributed by atoms with Gasteiger partial charge in [0.15, 0.2) is 6.20 Å². The minimum atomic E-state index is -3.58. The van der Waals surface area contributed by atoms with Crippen LogP contribution in [0.4, 0.5) is 5.69 Å². The van der Waals surface area contributed by atoms with Gasteiger partial charge in [0.05, 0.1) is 10.1 Å². The van der Waals surface area contributed by atoms with E-state index < -0.39 is 15.3 Å². The lowest BCUT2D eigenvalue weighted by Gasteiger charge is -2.14. The SMILES string of the molecule is C[C@H](Sc1cccc[n+]1[O-])C(=O)Nc1cccc(S(=O)(=O)N(C)C)c1. The monoisotopic (exact) mass is 381 g/mol. The zero-order chi connectivity index (χ0) is 18.6. The van der Waals surface area contributed by atoms with Crippen molar-refractivity contribution in [3.63, 3.8) is 0 Å². The molecule has 2 rings (SSSR count). The van der Waals surface area contributed by atoms with Crippen molar-refractivity contribution in [2.45, 2.75) is 22.1 Å². The van der Waals surface area contributed by atoms with Crippen LogP contribution in [0.15, 0.2) is 58.6 Å². The Morgan fingerprint density at radius 1 is 1.24 bits per heavy atom. The number of benzene rings is 1. The molecule has 1 heterocycles. The molecule has 0 saturated heterocycles. The zero-order valence-corrected chi connectivity index (χ0v) is 15.7. The number of aromatic nitrogens is 1. The van der Waals surface area contributed by atoms with E-state index in [2.05, 4.69) is 5.32 Å². The Bertz CT molecular complexity index is 869. The van der Waals surface area contributed by atoms with E-state index in [0.29, 0.717) is 15.4 Å². The number of sulfonamides is 1. The second-order valence-electron chi connectivity index (χ2n) is 5.43. The Kier molecular flexibility index (Phi) is 6.04. The van der Waals surface area contributed by atoms with Crippen molar-refractivity contribution in [1.29, 1.82) is 0 Å². The summed E-state index contributed by atoms with van der Waals surface area (Å²) in [6.07, 6.45) is 1.36. The van der Waals surface area contributed by atoms with Gasteiger partial charge in [-0.1, -0.05) is 6.07 Å². The zero-order valence-electron chi connectivity index (χ0n) is 14.0. The quantitative estimate of drug-likeness (QED) is 0.467. The van der Waals surface area contributed by atoms with Crippen molar-refractivity contribution in [1.82, 2.24) is 4.31 Å². The number of hydrogen-bond donors (Lipinski definition) is 1. The maximum atomic E-state index is 12.3. The van der Waals surface area contributed by atoms with Gasteiger partial charge in [0.2, 0.25) is 15.9 Å². The first-order valence-electron chi connectivity index (χ1n) is 7.40. The maximum Gasteiger partial charge on any atom is 0.252 e. The molecule has 7 nitrogen and oxygen atoms in total. The fraction of sp³-hybridized carbons (Fsp3) is 0.250. The molecule has 134 valence electrons. The van der Waals surface area contributed by atoms with E-state index >= 15 is 0 Å². The molecule has 1 amide bonds.